The maximum atomic E-state index is 12.3. The van der Waals surface area contributed by atoms with Gasteiger partial charge in [-0.1, -0.05) is 18.6 Å². The number of ether oxygens (including phenoxy) is 2. The highest BCUT2D eigenvalue weighted by molar-refractivity contribution is 5.81. The zero-order valence-electron chi connectivity index (χ0n) is 13.7. The molecule has 0 radical (unpaired) electrons. The molecule has 1 amide bonds. The quantitative estimate of drug-likeness (QED) is 0.874. The smallest absolute Gasteiger partial charge is 0.237 e. The van der Waals surface area contributed by atoms with Crippen LogP contribution in [0, 0.1) is 0 Å². The molecule has 2 atom stereocenters. The molecule has 0 spiro atoms. The fourth-order valence-electron chi connectivity index (χ4n) is 2.74. The SMILES string of the molecule is COc1ccccc1O[C@@H](C)CNC(=O)[C@@H]1CCCCN1C. The van der Waals surface area contributed by atoms with Gasteiger partial charge in [0.15, 0.2) is 11.5 Å². The molecule has 1 N–H and O–H groups in total. The normalized spacial score (nSPS) is 20.2. The number of nitrogens with one attached hydrogen (secondary N) is 1. The van der Waals surface area contributed by atoms with Crippen molar-refractivity contribution in [1.29, 1.82) is 0 Å². The Labute approximate surface area is 132 Å². The zero-order valence-corrected chi connectivity index (χ0v) is 13.7. The van der Waals surface area contributed by atoms with Crippen molar-refractivity contribution in [2.75, 3.05) is 27.2 Å². The second-order valence-electron chi connectivity index (χ2n) is 5.82. The Hall–Kier alpha value is -1.75. The van der Waals surface area contributed by atoms with Gasteiger partial charge in [-0.05, 0) is 45.5 Å². The fourth-order valence-corrected chi connectivity index (χ4v) is 2.74. The zero-order chi connectivity index (χ0) is 15.9. The molecule has 1 aromatic carbocycles. The minimum absolute atomic E-state index is 0.00721. The van der Waals surface area contributed by atoms with Gasteiger partial charge in [0.25, 0.3) is 0 Å². The van der Waals surface area contributed by atoms with Gasteiger partial charge in [-0.15, -0.1) is 0 Å². The van der Waals surface area contributed by atoms with Crippen molar-refractivity contribution >= 4 is 5.91 Å². The van der Waals surface area contributed by atoms with Crippen molar-refractivity contribution in [2.24, 2.45) is 0 Å². The fraction of sp³-hybridized carbons (Fsp3) is 0.588. The number of carbonyl (C=O) groups is 1. The van der Waals surface area contributed by atoms with Crippen LogP contribution in [0.2, 0.25) is 0 Å². The van der Waals surface area contributed by atoms with Crippen LogP contribution in [0.3, 0.4) is 0 Å². The molecular weight excluding hydrogens is 280 g/mol. The van der Waals surface area contributed by atoms with Crippen LogP contribution in [0.1, 0.15) is 26.2 Å². The van der Waals surface area contributed by atoms with Gasteiger partial charge in [-0.3, -0.25) is 9.69 Å². The lowest BCUT2D eigenvalue weighted by Gasteiger charge is -2.31. The molecule has 0 aliphatic carbocycles. The molecule has 2 rings (SSSR count). The molecule has 5 heteroatoms. The number of hydrogen-bond acceptors (Lipinski definition) is 4. The van der Waals surface area contributed by atoms with Gasteiger partial charge in [-0.25, -0.2) is 0 Å². The summed E-state index contributed by atoms with van der Waals surface area (Å²) in [4.78, 5) is 14.4. The molecule has 1 aliphatic heterocycles. The number of hydrogen-bond donors (Lipinski definition) is 1. The molecule has 122 valence electrons. The minimum Gasteiger partial charge on any atom is -0.493 e. The first-order chi connectivity index (χ1) is 10.6. The van der Waals surface area contributed by atoms with Gasteiger partial charge in [0.1, 0.15) is 6.10 Å². The predicted molar refractivity (Wildman–Crippen MR) is 86.4 cm³/mol. The van der Waals surface area contributed by atoms with Crippen LogP contribution in [0.4, 0.5) is 0 Å². The molecular formula is C17H26N2O3. The van der Waals surface area contributed by atoms with Crippen molar-refractivity contribution in [2.45, 2.75) is 38.3 Å². The number of benzene rings is 1. The summed E-state index contributed by atoms with van der Waals surface area (Å²) in [5.74, 6) is 1.49. The summed E-state index contributed by atoms with van der Waals surface area (Å²) in [6.45, 7) is 3.42. The van der Waals surface area contributed by atoms with Gasteiger partial charge in [0.2, 0.25) is 5.91 Å². The number of likely N-dealkylation sites (tertiary alicyclic amines) is 1. The molecule has 0 unspecified atom stereocenters. The molecule has 0 bridgehead atoms. The molecule has 1 aromatic rings. The van der Waals surface area contributed by atoms with Crippen LogP contribution in [-0.2, 0) is 4.79 Å². The van der Waals surface area contributed by atoms with Crippen molar-refractivity contribution in [3.63, 3.8) is 0 Å². The standard InChI is InChI=1S/C17H26N2O3/c1-13(22-16-10-5-4-9-15(16)21-3)12-18-17(20)14-8-6-7-11-19(14)2/h4-5,9-10,13-14H,6-8,11-12H2,1-3H3,(H,18,20)/t13-,14-/m0/s1. The molecule has 0 saturated carbocycles. The van der Waals surface area contributed by atoms with E-state index in [2.05, 4.69) is 10.2 Å². The van der Waals surface area contributed by atoms with Gasteiger partial charge in [0, 0.05) is 0 Å². The van der Waals surface area contributed by atoms with Crippen LogP contribution in [0.5, 0.6) is 11.5 Å². The van der Waals surface area contributed by atoms with Crippen molar-refractivity contribution in [3.05, 3.63) is 24.3 Å². The lowest BCUT2D eigenvalue weighted by Crippen LogP contribution is -2.49. The summed E-state index contributed by atoms with van der Waals surface area (Å²) in [5.41, 5.74) is 0. The number of carbonyl (C=O) groups excluding carboxylic acids is 1. The van der Waals surface area contributed by atoms with Crippen LogP contribution in [0.25, 0.3) is 0 Å². The number of nitrogens with zero attached hydrogens (tertiary/aromatic N) is 1. The Balaban J connectivity index is 1.82. The minimum atomic E-state index is -0.117. The van der Waals surface area contributed by atoms with E-state index in [0.717, 1.165) is 19.4 Å². The summed E-state index contributed by atoms with van der Waals surface area (Å²) in [6.07, 6.45) is 3.11. The second kappa shape index (κ2) is 8.03. The van der Waals surface area contributed by atoms with Gasteiger partial charge < -0.3 is 14.8 Å². The second-order valence-corrected chi connectivity index (χ2v) is 5.82. The number of likely N-dealkylation sites (N-methyl/N-ethyl adjacent to an activating group) is 1. The number of amides is 1. The Morgan fingerprint density at radius 2 is 2.09 bits per heavy atom. The van der Waals surface area contributed by atoms with Crippen LogP contribution < -0.4 is 14.8 Å². The maximum Gasteiger partial charge on any atom is 0.237 e. The summed E-state index contributed by atoms with van der Waals surface area (Å²) < 4.78 is 11.1. The lowest BCUT2D eigenvalue weighted by molar-refractivity contribution is -0.127. The van der Waals surface area contributed by atoms with Crippen LogP contribution in [-0.4, -0.2) is 50.2 Å². The third kappa shape index (κ3) is 4.37. The van der Waals surface area contributed by atoms with Crippen molar-refractivity contribution in [3.8, 4) is 11.5 Å². The highest BCUT2D eigenvalue weighted by atomic mass is 16.5. The highest BCUT2D eigenvalue weighted by Gasteiger charge is 2.25. The topological polar surface area (TPSA) is 50.8 Å². The van der Waals surface area contributed by atoms with Gasteiger partial charge in [-0.2, -0.15) is 0 Å². The molecule has 22 heavy (non-hydrogen) atoms. The van der Waals surface area contributed by atoms with Crippen LogP contribution in [0.15, 0.2) is 24.3 Å². The van der Waals surface area contributed by atoms with E-state index in [0.29, 0.717) is 18.0 Å². The maximum absolute atomic E-state index is 12.3. The van der Waals surface area contributed by atoms with Crippen LogP contribution >= 0.6 is 0 Å². The number of piperidine rings is 1. The number of para-hydroxylation sites is 2. The average Bonchev–Trinajstić information content (AvgIpc) is 2.53. The third-order valence-electron chi connectivity index (χ3n) is 4.03. The lowest BCUT2D eigenvalue weighted by atomic mass is 10.0. The van der Waals surface area contributed by atoms with E-state index in [9.17, 15) is 4.79 Å². The largest absolute Gasteiger partial charge is 0.493 e. The summed E-state index contributed by atoms with van der Waals surface area (Å²) in [6, 6.07) is 7.52. The predicted octanol–water partition coefficient (Wildman–Crippen LogP) is 2.06. The van der Waals surface area contributed by atoms with E-state index < -0.39 is 0 Å². The Morgan fingerprint density at radius 3 is 2.77 bits per heavy atom. The van der Waals surface area contributed by atoms with Gasteiger partial charge in [0.05, 0.1) is 19.7 Å². The summed E-state index contributed by atoms with van der Waals surface area (Å²) in [5, 5.41) is 2.99. The van der Waals surface area contributed by atoms with Crippen molar-refractivity contribution < 1.29 is 14.3 Å². The number of methoxy groups -OCH3 is 1. The number of rotatable bonds is 6. The van der Waals surface area contributed by atoms with E-state index in [1.165, 1.54) is 6.42 Å². The molecule has 1 aliphatic rings. The average molecular weight is 306 g/mol. The molecule has 0 aromatic heterocycles. The highest BCUT2D eigenvalue weighted by Crippen LogP contribution is 2.26. The van der Waals surface area contributed by atoms with Crippen molar-refractivity contribution in [1.82, 2.24) is 10.2 Å². The first-order valence-corrected chi connectivity index (χ1v) is 7.89. The molecule has 1 heterocycles. The van der Waals surface area contributed by atoms with E-state index in [1.807, 2.05) is 38.2 Å². The van der Waals surface area contributed by atoms with E-state index in [-0.39, 0.29) is 18.1 Å². The Bertz CT molecular complexity index is 493. The summed E-state index contributed by atoms with van der Waals surface area (Å²) >= 11 is 0. The molecule has 1 fully saturated rings. The first kappa shape index (κ1) is 16.6. The third-order valence-corrected chi connectivity index (χ3v) is 4.03. The summed E-state index contributed by atoms with van der Waals surface area (Å²) in [7, 11) is 3.63. The Morgan fingerprint density at radius 1 is 1.36 bits per heavy atom. The Kier molecular flexibility index (Phi) is 6.07. The van der Waals surface area contributed by atoms with Gasteiger partial charge >= 0.3 is 0 Å². The molecule has 1 saturated heterocycles. The molecule has 5 nitrogen and oxygen atoms in total. The van der Waals surface area contributed by atoms with E-state index >= 15 is 0 Å². The van der Waals surface area contributed by atoms with E-state index in [4.69, 9.17) is 9.47 Å². The first-order valence-electron chi connectivity index (χ1n) is 7.89. The van der Waals surface area contributed by atoms with E-state index in [1.54, 1.807) is 7.11 Å². The monoisotopic (exact) mass is 306 g/mol.